The van der Waals surface area contributed by atoms with Crippen molar-refractivity contribution >= 4 is 36.4 Å². The molecule has 0 aliphatic carbocycles. The molecule has 0 amide bonds. The highest BCUT2D eigenvalue weighted by molar-refractivity contribution is 14.2. The van der Waals surface area contributed by atoms with E-state index in [2.05, 4.69) is 0 Å². The number of hydrogen-bond donors (Lipinski definition) is 1. The molecule has 18 heavy (non-hydrogen) atoms. The van der Waals surface area contributed by atoms with Crippen LogP contribution in [0.25, 0.3) is 0 Å². The largest absolute Gasteiger partial charge is 0.481 e. The smallest absolute Gasteiger partial charge is 0.303 e. The fourth-order valence-corrected chi connectivity index (χ4v) is 2.43. The monoisotopic (exact) mass is 388 g/mol. The Hall–Kier alpha value is -0.570. The fraction of sp³-hybridized carbons (Fsp3) is 0.364. The van der Waals surface area contributed by atoms with Crippen molar-refractivity contribution in [1.29, 1.82) is 0 Å². The maximum atomic E-state index is 14.0. The van der Waals surface area contributed by atoms with E-state index in [1.165, 1.54) is 0 Å². The van der Waals surface area contributed by atoms with E-state index >= 15 is 0 Å². The summed E-state index contributed by atoms with van der Waals surface area (Å²) in [7, 11) is 0.867. The molecule has 1 aromatic rings. The number of carbonyl (C=O) groups is 1. The number of carboxylic acid groups (broad SMARTS) is 1. The highest BCUT2D eigenvalue weighted by Crippen LogP contribution is 2.34. The van der Waals surface area contributed by atoms with E-state index in [-0.39, 0.29) is 17.7 Å². The van der Waals surface area contributed by atoms with E-state index in [1.54, 1.807) is 28.1 Å². The third kappa shape index (κ3) is 3.98. The normalized spacial score (nSPS) is 12.2. The van der Waals surface area contributed by atoms with Crippen LogP contribution in [-0.2, 0) is 4.79 Å². The Kier molecular flexibility index (Phi) is 6.13. The maximum Gasteiger partial charge on any atom is 0.303 e. The second-order valence-corrected chi connectivity index (χ2v) is 5.03. The van der Waals surface area contributed by atoms with Gasteiger partial charge in [-0.15, -0.1) is 0 Å². The first-order chi connectivity index (χ1) is 8.49. The average Bonchev–Trinajstić information content (AvgIpc) is 2.30. The van der Waals surface area contributed by atoms with Crippen LogP contribution in [0.5, 0.6) is 5.75 Å². The van der Waals surface area contributed by atoms with Crippen molar-refractivity contribution in [2.45, 2.75) is 25.7 Å². The Labute approximate surface area is 120 Å². The quantitative estimate of drug-likeness (QED) is 0.583. The maximum absolute atomic E-state index is 14.0. The molecule has 0 heterocycles. The van der Waals surface area contributed by atoms with Gasteiger partial charge in [0, 0.05) is 27.3 Å². The van der Waals surface area contributed by atoms with Crippen LogP contribution < -0.4 is 4.18 Å². The molecule has 3 nitrogen and oxygen atoms in total. The first-order valence-electron chi connectivity index (χ1n) is 5.15. The predicted octanol–water partition coefficient (Wildman–Crippen LogP) is 4.31. The summed E-state index contributed by atoms with van der Waals surface area (Å²) in [4.78, 5) is 10.7. The summed E-state index contributed by atoms with van der Waals surface area (Å²) in [6.07, 6.45) is 0.164. The van der Waals surface area contributed by atoms with Crippen molar-refractivity contribution in [2.75, 3.05) is 0 Å². The molecule has 0 saturated heterocycles. The molecule has 1 unspecified atom stereocenters. The molecule has 0 spiro atoms. The fourth-order valence-electron chi connectivity index (χ4n) is 1.66. The second-order valence-electron chi connectivity index (χ2n) is 3.66. The molecule has 0 radical (unpaired) electrons. The lowest BCUT2D eigenvalue weighted by molar-refractivity contribution is -0.137. The van der Waals surface area contributed by atoms with Crippen LogP contribution in [0.4, 0.5) is 8.78 Å². The van der Waals surface area contributed by atoms with Gasteiger partial charge < -0.3 is 9.29 Å². The molecule has 7 heteroatoms. The average molecular weight is 388 g/mol. The SMILES string of the molecule is CCC(CC(=O)O)c1cc(F)cc(OSI)c1F. The number of rotatable bonds is 6. The summed E-state index contributed by atoms with van der Waals surface area (Å²) >= 11 is 1.79. The van der Waals surface area contributed by atoms with E-state index in [0.29, 0.717) is 6.42 Å². The van der Waals surface area contributed by atoms with Gasteiger partial charge >= 0.3 is 5.97 Å². The summed E-state index contributed by atoms with van der Waals surface area (Å²) in [6.45, 7) is 1.73. The lowest BCUT2D eigenvalue weighted by atomic mass is 9.92. The van der Waals surface area contributed by atoms with Crippen LogP contribution in [0.3, 0.4) is 0 Å². The van der Waals surface area contributed by atoms with E-state index in [4.69, 9.17) is 9.29 Å². The minimum absolute atomic E-state index is 0.0420. The zero-order valence-electron chi connectivity index (χ0n) is 9.45. The number of halogens is 3. The third-order valence-electron chi connectivity index (χ3n) is 2.51. The van der Waals surface area contributed by atoms with Crippen molar-refractivity contribution in [3.8, 4) is 5.75 Å². The molecule has 0 bridgehead atoms. The van der Waals surface area contributed by atoms with E-state index in [1.807, 2.05) is 0 Å². The molecule has 1 rings (SSSR count). The number of carboxylic acids is 1. The van der Waals surface area contributed by atoms with Crippen LogP contribution in [0, 0.1) is 11.6 Å². The molecule has 1 N–H and O–H groups in total. The van der Waals surface area contributed by atoms with Gasteiger partial charge in [-0.3, -0.25) is 4.79 Å². The van der Waals surface area contributed by atoms with Crippen molar-refractivity contribution in [3.05, 3.63) is 29.3 Å². The minimum Gasteiger partial charge on any atom is -0.481 e. The summed E-state index contributed by atoms with van der Waals surface area (Å²) in [6, 6.07) is 1.97. The van der Waals surface area contributed by atoms with Gasteiger partial charge in [0.15, 0.2) is 11.6 Å². The molecule has 0 fully saturated rings. The lowest BCUT2D eigenvalue weighted by Crippen LogP contribution is -2.08. The molecule has 0 aliphatic heterocycles. The molecule has 100 valence electrons. The van der Waals surface area contributed by atoms with Gasteiger partial charge in [0.25, 0.3) is 0 Å². The van der Waals surface area contributed by atoms with Gasteiger partial charge in [-0.05, 0) is 24.0 Å². The van der Waals surface area contributed by atoms with Crippen LogP contribution in [-0.4, -0.2) is 11.1 Å². The van der Waals surface area contributed by atoms with E-state index in [0.717, 1.165) is 21.3 Å². The molecular formula is C11H11F2IO3S. The van der Waals surface area contributed by atoms with Crippen molar-refractivity contribution in [2.24, 2.45) is 0 Å². The summed E-state index contributed by atoms with van der Waals surface area (Å²) in [5.74, 6) is -3.17. The number of benzene rings is 1. The molecule has 0 aromatic heterocycles. The van der Waals surface area contributed by atoms with Gasteiger partial charge in [-0.1, -0.05) is 6.92 Å². The van der Waals surface area contributed by atoms with Gasteiger partial charge in [-0.25, -0.2) is 8.78 Å². The topological polar surface area (TPSA) is 46.5 Å². The van der Waals surface area contributed by atoms with Crippen molar-refractivity contribution < 1.29 is 22.9 Å². The standard InChI is InChI=1S/C11H11F2IO3S/c1-2-6(3-10(15)16)8-4-7(12)5-9(11(8)13)17-18-14/h4-6H,2-3H2,1H3,(H,15,16). The van der Waals surface area contributed by atoms with Gasteiger partial charge in [0.1, 0.15) is 15.0 Å². The number of aliphatic carboxylic acids is 1. The first kappa shape index (κ1) is 15.5. The zero-order valence-corrected chi connectivity index (χ0v) is 12.4. The number of hydrogen-bond acceptors (Lipinski definition) is 3. The van der Waals surface area contributed by atoms with Crippen LogP contribution in [0.15, 0.2) is 12.1 Å². The third-order valence-corrected chi connectivity index (χ3v) is 3.29. The summed E-state index contributed by atoms with van der Waals surface area (Å²) in [5, 5.41) is 8.76. The van der Waals surface area contributed by atoms with Crippen LogP contribution in [0.2, 0.25) is 0 Å². The van der Waals surface area contributed by atoms with Crippen molar-refractivity contribution in [1.82, 2.24) is 0 Å². The van der Waals surface area contributed by atoms with Crippen molar-refractivity contribution in [3.63, 3.8) is 0 Å². The lowest BCUT2D eigenvalue weighted by Gasteiger charge is -2.15. The Morgan fingerprint density at radius 2 is 2.22 bits per heavy atom. The molecule has 0 saturated carbocycles. The Morgan fingerprint density at radius 1 is 1.56 bits per heavy atom. The van der Waals surface area contributed by atoms with Gasteiger partial charge in [-0.2, -0.15) is 0 Å². The minimum atomic E-state index is -1.05. The van der Waals surface area contributed by atoms with Crippen LogP contribution in [0.1, 0.15) is 31.2 Å². The predicted molar refractivity (Wildman–Crippen MR) is 73.9 cm³/mol. The Balaban J connectivity index is 3.16. The second kappa shape index (κ2) is 7.13. The molecule has 1 atom stereocenters. The Morgan fingerprint density at radius 3 is 2.72 bits per heavy atom. The first-order valence-corrected chi connectivity index (χ1v) is 8.44. The molecule has 1 aromatic carbocycles. The van der Waals surface area contributed by atoms with Crippen LogP contribution >= 0.6 is 30.4 Å². The summed E-state index contributed by atoms with van der Waals surface area (Å²) < 4.78 is 32.3. The van der Waals surface area contributed by atoms with E-state index in [9.17, 15) is 13.6 Å². The summed E-state index contributed by atoms with van der Waals surface area (Å²) in [5.41, 5.74) is 0.0420. The highest BCUT2D eigenvalue weighted by Gasteiger charge is 2.21. The van der Waals surface area contributed by atoms with Gasteiger partial charge in [0.05, 0.1) is 6.42 Å². The highest BCUT2D eigenvalue weighted by atomic mass is 127. The molecule has 0 aliphatic rings. The zero-order chi connectivity index (χ0) is 13.7. The van der Waals surface area contributed by atoms with E-state index < -0.39 is 23.5 Å². The Bertz CT molecular complexity index is 443. The van der Waals surface area contributed by atoms with Gasteiger partial charge in [0.2, 0.25) is 0 Å². The molecular weight excluding hydrogens is 377 g/mol.